The van der Waals surface area contributed by atoms with Gasteiger partial charge in [-0.3, -0.25) is 0 Å². The molecule has 0 aliphatic rings. The minimum absolute atomic E-state index is 0.329. The quantitative estimate of drug-likeness (QED) is 0.375. The van der Waals surface area contributed by atoms with E-state index in [-0.39, 0.29) is 0 Å². The minimum atomic E-state index is 0.329. The van der Waals surface area contributed by atoms with Gasteiger partial charge in [-0.2, -0.15) is 5.21 Å². The molecule has 0 saturated carbocycles. The maximum Gasteiger partial charge on any atom is 0.205 e. The van der Waals surface area contributed by atoms with Crippen LogP contribution < -0.4 is 0 Å². The van der Waals surface area contributed by atoms with Crippen molar-refractivity contribution in [2.45, 2.75) is 32.7 Å². The first kappa shape index (κ1) is 20.3. The SMILES string of the molecule is CCC(C)c1c(Cl)cnc2c1ncn2Cc1ccc(-c2ccccc2-c2nn[nH]n2)cc1. The summed E-state index contributed by atoms with van der Waals surface area (Å²) >= 11 is 6.45. The van der Waals surface area contributed by atoms with Crippen LogP contribution in [0.5, 0.6) is 0 Å². The first-order valence-corrected chi connectivity index (χ1v) is 10.9. The topological polar surface area (TPSA) is 85.2 Å². The van der Waals surface area contributed by atoms with E-state index in [0.29, 0.717) is 23.3 Å². The third-order valence-corrected chi connectivity index (χ3v) is 6.16. The maximum absolute atomic E-state index is 6.45. The van der Waals surface area contributed by atoms with Crippen molar-refractivity contribution in [1.29, 1.82) is 0 Å². The van der Waals surface area contributed by atoms with E-state index in [9.17, 15) is 0 Å². The smallest absolute Gasteiger partial charge is 0.205 e. The maximum atomic E-state index is 6.45. The molecule has 2 aromatic carbocycles. The highest BCUT2D eigenvalue weighted by molar-refractivity contribution is 6.32. The van der Waals surface area contributed by atoms with Gasteiger partial charge in [-0.05, 0) is 34.2 Å². The van der Waals surface area contributed by atoms with Gasteiger partial charge < -0.3 is 4.57 Å². The van der Waals surface area contributed by atoms with Crippen molar-refractivity contribution in [2.75, 3.05) is 0 Å². The molecular weight excluding hydrogens is 422 g/mol. The van der Waals surface area contributed by atoms with Gasteiger partial charge in [0.25, 0.3) is 0 Å². The molecule has 0 bridgehead atoms. The van der Waals surface area contributed by atoms with Crippen LogP contribution in [0.15, 0.2) is 61.1 Å². The lowest BCUT2D eigenvalue weighted by atomic mass is 9.98. The number of halogens is 1. The fourth-order valence-corrected chi connectivity index (χ4v) is 4.31. The summed E-state index contributed by atoms with van der Waals surface area (Å²) in [4.78, 5) is 9.21. The second-order valence-corrected chi connectivity index (χ2v) is 8.26. The Labute approximate surface area is 190 Å². The Hall–Kier alpha value is -3.58. The van der Waals surface area contributed by atoms with Crippen LogP contribution in [0.3, 0.4) is 0 Å². The van der Waals surface area contributed by atoms with Gasteiger partial charge in [-0.15, -0.1) is 10.2 Å². The van der Waals surface area contributed by atoms with Crippen LogP contribution in [0.4, 0.5) is 0 Å². The Balaban J connectivity index is 1.45. The number of imidazole rings is 1. The highest BCUT2D eigenvalue weighted by Crippen LogP contribution is 2.33. The molecule has 5 aromatic rings. The highest BCUT2D eigenvalue weighted by atomic mass is 35.5. The van der Waals surface area contributed by atoms with Gasteiger partial charge in [0.05, 0.1) is 17.9 Å². The molecule has 1 N–H and O–H groups in total. The molecule has 8 heteroatoms. The van der Waals surface area contributed by atoms with E-state index in [1.807, 2.05) is 24.5 Å². The molecular formula is C24H22ClN7. The van der Waals surface area contributed by atoms with Crippen LogP contribution in [0, 0.1) is 0 Å². The van der Waals surface area contributed by atoms with E-state index in [2.05, 4.69) is 79.3 Å². The molecule has 0 aliphatic carbocycles. The Morgan fingerprint density at radius 1 is 1.03 bits per heavy atom. The molecule has 3 heterocycles. The average molecular weight is 444 g/mol. The van der Waals surface area contributed by atoms with Gasteiger partial charge in [0.1, 0.15) is 5.52 Å². The van der Waals surface area contributed by atoms with Crippen LogP contribution in [0.25, 0.3) is 33.7 Å². The normalized spacial score (nSPS) is 12.3. The number of nitrogens with one attached hydrogen (secondary N) is 1. The second-order valence-electron chi connectivity index (χ2n) is 7.85. The number of benzene rings is 2. The third-order valence-electron chi connectivity index (χ3n) is 5.86. The van der Waals surface area contributed by atoms with E-state index < -0.39 is 0 Å². The molecule has 1 unspecified atom stereocenters. The molecule has 0 aliphatic heterocycles. The first-order chi connectivity index (χ1) is 15.7. The first-order valence-electron chi connectivity index (χ1n) is 10.6. The van der Waals surface area contributed by atoms with Gasteiger partial charge in [0, 0.05) is 17.3 Å². The molecule has 5 rings (SSSR count). The summed E-state index contributed by atoms with van der Waals surface area (Å²) in [5, 5.41) is 15.1. The molecule has 1 atom stereocenters. The summed E-state index contributed by atoms with van der Waals surface area (Å²) in [7, 11) is 0. The number of aromatic amines is 1. The highest BCUT2D eigenvalue weighted by Gasteiger charge is 2.17. The largest absolute Gasteiger partial charge is 0.311 e. The Kier molecular flexibility index (Phi) is 5.41. The molecule has 32 heavy (non-hydrogen) atoms. The molecule has 7 nitrogen and oxygen atoms in total. The van der Waals surface area contributed by atoms with Crippen LogP contribution >= 0.6 is 11.6 Å². The third kappa shape index (κ3) is 3.65. The summed E-state index contributed by atoms with van der Waals surface area (Å²) in [6, 6.07) is 16.5. The van der Waals surface area contributed by atoms with E-state index in [0.717, 1.165) is 45.4 Å². The summed E-state index contributed by atoms with van der Waals surface area (Å²) in [6.07, 6.45) is 4.58. The van der Waals surface area contributed by atoms with Crippen molar-refractivity contribution >= 4 is 22.8 Å². The average Bonchev–Trinajstić information content (AvgIpc) is 3.50. The number of rotatable bonds is 6. The minimum Gasteiger partial charge on any atom is -0.311 e. The van der Waals surface area contributed by atoms with Crippen molar-refractivity contribution in [2.24, 2.45) is 0 Å². The summed E-state index contributed by atoms with van der Waals surface area (Å²) in [5.41, 5.74) is 7.07. The second kappa shape index (κ2) is 8.51. The molecule has 0 amide bonds. The fraction of sp³-hybridized carbons (Fsp3) is 0.208. The number of nitrogens with zero attached hydrogens (tertiary/aromatic N) is 6. The zero-order chi connectivity index (χ0) is 22.1. The van der Waals surface area contributed by atoms with Crippen LogP contribution in [0.2, 0.25) is 5.02 Å². The summed E-state index contributed by atoms with van der Waals surface area (Å²) in [6.45, 7) is 5.01. The number of hydrogen-bond donors (Lipinski definition) is 1. The van der Waals surface area contributed by atoms with Crippen LogP contribution in [0.1, 0.15) is 37.3 Å². The van der Waals surface area contributed by atoms with Crippen molar-refractivity contribution in [3.05, 3.63) is 77.2 Å². The van der Waals surface area contributed by atoms with Gasteiger partial charge >= 0.3 is 0 Å². The van der Waals surface area contributed by atoms with Gasteiger partial charge in [-0.1, -0.05) is 74.0 Å². The lowest BCUT2D eigenvalue weighted by Crippen LogP contribution is -2.01. The Morgan fingerprint density at radius 3 is 2.53 bits per heavy atom. The fourth-order valence-electron chi connectivity index (χ4n) is 3.98. The molecule has 0 fully saturated rings. The van der Waals surface area contributed by atoms with Crippen molar-refractivity contribution in [3.8, 4) is 22.5 Å². The molecule has 0 saturated heterocycles. The Morgan fingerprint density at radius 2 is 1.81 bits per heavy atom. The summed E-state index contributed by atoms with van der Waals surface area (Å²) < 4.78 is 2.07. The Bertz CT molecular complexity index is 1360. The number of H-pyrrole nitrogens is 1. The number of pyridine rings is 1. The molecule has 0 spiro atoms. The zero-order valence-electron chi connectivity index (χ0n) is 17.8. The van der Waals surface area contributed by atoms with Crippen LogP contribution in [-0.4, -0.2) is 35.2 Å². The number of tetrazole rings is 1. The van der Waals surface area contributed by atoms with Crippen molar-refractivity contribution in [3.63, 3.8) is 0 Å². The number of fused-ring (bicyclic) bond motifs is 1. The van der Waals surface area contributed by atoms with Crippen molar-refractivity contribution in [1.82, 2.24) is 35.2 Å². The van der Waals surface area contributed by atoms with Gasteiger partial charge in [0.15, 0.2) is 5.65 Å². The van der Waals surface area contributed by atoms with E-state index in [4.69, 9.17) is 11.6 Å². The number of hydrogen-bond acceptors (Lipinski definition) is 5. The van der Waals surface area contributed by atoms with E-state index in [1.165, 1.54) is 0 Å². The van der Waals surface area contributed by atoms with E-state index >= 15 is 0 Å². The lowest BCUT2D eigenvalue weighted by Gasteiger charge is -2.12. The monoisotopic (exact) mass is 443 g/mol. The van der Waals surface area contributed by atoms with Gasteiger partial charge in [-0.25, -0.2) is 9.97 Å². The standard InChI is InChI=1S/C24H22ClN7/c1-3-15(2)21-20(25)12-26-24-22(21)27-14-32(24)13-16-8-10-17(11-9-16)18-6-4-5-7-19(18)23-28-30-31-29-23/h4-12,14-15H,3,13H2,1-2H3,(H,28,29,30,31). The van der Waals surface area contributed by atoms with E-state index in [1.54, 1.807) is 6.20 Å². The molecule has 0 radical (unpaired) electrons. The number of aromatic nitrogens is 7. The predicted octanol–water partition coefficient (Wildman–Crippen LogP) is 5.49. The lowest BCUT2D eigenvalue weighted by molar-refractivity contribution is 0.737. The van der Waals surface area contributed by atoms with Crippen LogP contribution in [-0.2, 0) is 6.54 Å². The molecule has 160 valence electrons. The zero-order valence-corrected chi connectivity index (χ0v) is 18.6. The van der Waals surface area contributed by atoms with Crippen molar-refractivity contribution < 1.29 is 0 Å². The predicted molar refractivity (Wildman–Crippen MR) is 125 cm³/mol. The summed E-state index contributed by atoms with van der Waals surface area (Å²) in [5.74, 6) is 0.909. The molecule has 3 aromatic heterocycles. The van der Waals surface area contributed by atoms with Gasteiger partial charge in [0.2, 0.25) is 5.82 Å².